The molecule has 55 heavy (non-hydrogen) atoms. The SMILES string of the molecule is Cn1c(=O)n(C2CCC(=O)NC2=O)c2ccc(CCCCCc3cccc(OC[C@H](CCC(N)=O)N(C=O)[C@@H]4CC[C@@H]5CCCC[C@H](N)C(=O)N54)c3Cl)cc21. The average molecular weight is 778 g/mol. The maximum atomic E-state index is 13.4. The Labute approximate surface area is 325 Å². The van der Waals surface area contributed by atoms with Gasteiger partial charge in [0.25, 0.3) is 0 Å². The highest BCUT2D eigenvalue weighted by molar-refractivity contribution is 6.32. The first-order valence-electron chi connectivity index (χ1n) is 19.5. The molecule has 3 aromatic rings. The number of primary amides is 1. The summed E-state index contributed by atoms with van der Waals surface area (Å²) in [5.41, 5.74) is 14.9. The van der Waals surface area contributed by atoms with E-state index in [1.54, 1.807) is 27.5 Å². The summed E-state index contributed by atoms with van der Waals surface area (Å²) >= 11 is 6.87. The molecule has 3 aliphatic rings. The number of hydrogen-bond acceptors (Lipinski definition) is 8. The fourth-order valence-electron chi connectivity index (χ4n) is 8.51. The summed E-state index contributed by atoms with van der Waals surface area (Å²) in [4.78, 5) is 78.6. The van der Waals surface area contributed by atoms with Gasteiger partial charge < -0.3 is 26.0 Å². The summed E-state index contributed by atoms with van der Waals surface area (Å²) in [5, 5.41) is 2.83. The van der Waals surface area contributed by atoms with Crippen molar-refractivity contribution in [2.45, 2.75) is 127 Å². The zero-order valence-electron chi connectivity index (χ0n) is 31.4. The Morgan fingerprint density at radius 3 is 2.56 bits per heavy atom. The van der Waals surface area contributed by atoms with Crippen LogP contribution in [0.25, 0.3) is 11.0 Å². The largest absolute Gasteiger partial charge is 0.490 e. The van der Waals surface area contributed by atoms with Crippen molar-refractivity contribution in [1.29, 1.82) is 0 Å². The Bertz CT molecular complexity index is 1980. The van der Waals surface area contributed by atoms with Crippen molar-refractivity contribution < 1.29 is 28.7 Å². The molecular formula is C40H52ClN7O7. The normalized spacial score (nSPS) is 22.2. The first-order valence-corrected chi connectivity index (χ1v) is 19.9. The summed E-state index contributed by atoms with van der Waals surface area (Å²) in [6, 6.07) is 9.66. The van der Waals surface area contributed by atoms with Crippen molar-refractivity contribution in [3.63, 3.8) is 0 Å². The van der Waals surface area contributed by atoms with Crippen LogP contribution >= 0.6 is 11.6 Å². The van der Waals surface area contributed by atoms with Crippen LogP contribution in [0.1, 0.15) is 101 Å². The van der Waals surface area contributed by atoms with Crippen molar-refractivity contribution in [3.8, 4) is 5.75 Å². The lowest BCUT2D eigenvalue weighted by Gasteiger charge is -2.41. The van der Waals surface area contributed by atoms with E-state index >= 15 is 0 Å². The van der Waals surface area contributed by atoms with Crippen LogP contribution in [0.2, 0.25) is 5.02 Å². The maximum absolute atomic E-state index is 13.4. The van der Waals surface area contributed by atoms with Crippen molar-refractivity contribution in [2.24, 2.45) is 18.5 Å². The Balaban J connectivity index is 1.05. The number of amides is 5. The Hall–Kier alpha value is -4.69. The summed E-state index contributed by atoms with van der Waals surface area (Å²) in [7, 11) is 1.69. The number of unbranched alkanes of at least 4 members (excludes halogenated alkanes) is 2. The summed E-state index contributed by atoms with van der Waals surface area (Å²) in [5.74, 6) is -0.923. The number of rotatable bonds is 16. The minimum absolute atomic E-state index is 0.0220. The van der Waals surface area contributed by atoms with E-state index in [0.717, 1.165) is 80.8 Å². The number of imidazole rings is 1. The van der Waals surface area contributed by atoms with E-state index in [4.69, 9.17) is 27.8 Å². The van der Waals surface area contributed by atoms with Crippen molar-refractivity contribution >= 4 is 52.7 Å². The molecule has 4 heterocycles. The quantitative estimate of drug-likeness (QED) is 0.112. The molecule has 5 amide bonds. The Morgan fingerprint density at radius 1 is 1.02 bits per heavy atom. The van der Waals surface area contributed by atoms with Crippen LogP contribution in [-0.2, 0) is 43.9 Å². The molecule has 14 nitrogen and oxygen atoms in total. The predicted octanol–water partition coefficient (Wildman–Crippen LogP) is 3.62. The van der Waals surface area contributed by atoms with Gasteiger partial charge in [-0.15, -0.1) is 0 Å². The molecular weight excluding hydrogens is 726 g/mol. The highest BCUT2D eigenvalue weighted by atomic mass is 35.5. The Kier molecular flexibility index (Phi) is 13.0. The molecule has 15 heteroatoms. The number of carbonyl (C=O) groups is 5. The van der Waals surface area contributed by atoms with E-state index in [0.29, 0.717) is 35.6 Å². The van der Waals surface area contributed by atoms with E-state index in [2.05, 4.69) is 5.32 Å². The standard InChI is InChI=1S/C40H52ClN7O7/c1-45-32-22-25(14-17-30(32)48(40(45)54)31-18-20-35(51)44-38(31)52)8-3-2-4-9-26-10-7-13-33(37(26)41)55-23-28(15-19-34(43)50)46(24-49)36-21-16-27-11-5-6-12-29(42)39(53)47(27)36/h7,10,13-14,17,22,24,27-29,31,36H,2-6,8-9,11-12,15-16,18-21,23,42H2,1H3,(H2,43,50)(H,44,51,52)/t27-,28-,29-,31?,36-/m0/s1. The van der Waals surface area contributed by atoms with E-state index in [-0.39, 0.29) is 49.4 Å². The molecule has 3 aliphatic heterocycles. The highest BCUT2D eigenvalue weighted by Gasteiger charge is 2.43. The lowest BCUT2D eigenvalue weighted by Crippen LogP contribution is -2.58. The number of nitrogens with zero attached hydrogens (tertiary/aromatic N) is 4. The fourth-order valence-corrected chi connectivity index (χ4v) is 8.79. The number of halogens is 1. The first kappa shape index (κ1) is 40.0. The minimum atomic E-state index is -0.717. The molecule has 3 saturated heterocycles. The van der Waals surface area contributed by atoms with Crippen LogP contribution in [0.3, 0.4) is 0 Å². The molecule has 5 atom stereocenters. The summed E-state index contributed by atoms with van der Waals surface area (Å²) < 4.78 is 9.29. The van der Waals surface area contributed by atoms with E-state index in [1.807, 2.05) is 30.3 Å². The second-order valence-electron chi connectivity index (χ2n) is 15.2. The maximum Gasteiger partial charge on any atom is 0.329 e. The number of aryl methyl sites for hydroxylation is 3. The average Bonchev–Trinajstić information content (AvgIpc) is 3.68. The predicted molar refractivity (Wildman–Crippen MR) is 207 cm³/mol. The molecule has 0 aliphatic carbocycles. The van der Waals surface area contributed by atoms with Crippen LogP contribution in [0.5, 0.6) is 5.75 Å². The summed E-state index contributed by atoms with van der Waals surface area (Å²) in [6.07, 6.45) is 10.1. The zero-order chi connectivity index (χ0) is 39.2. The van der Waals surface area contributed by atoms with Crippen LogP contribution < -0.4 is 27.2 Å². The summed E-state index contributed by atoms with van der Waals surface area (Å²) in [6.45, 7) is 0.0668. The molecule has 1 aromatic heterocycles. The third-order valence-electron chi connectivity index (χ3n) is 11.5. The number of benzene rings is 2. The molecule has 0 radical (unpaired) electrons. The van der Waals surface area contributed by atoms with E-state index in [1.165, 1.54) is 4.57 Å². The topological polar surface area (TPSA) is 192 Å². The van der Waals surface area contributed by atoms with Crippen LogP contribution in [0.4, 0.5) is 0 Å². The molecule has 0 spiro atoms. The molecule has 1 unspecified atom stereocenters. The number of hydrogen-bond donors (Lipinski definition) is 3. The number of nitrogens with one attached hydrogen (secondary N) is 1. The van der Waals surface area contributed by atoms with Gasteiger partial charge in [-0.1, -0.05) is 49.1 Å². The van der Waals surface area contributed by atoms with Gasteiger partial charge in [-0.25, -0.2) is 4.79 Å². The second kappa shape index (κ2) is 17.8. The van der Waals surface area contributed by atoms with Gasteiger partial charge >= 0.3 is 5.69 Å². The van der Waals surface area contributed by atoms with Gasteiger partial charge in [-0.2, -0.15) is 0 Å². The van der Waals surface area contributed by atoms with Crippen LogP contribution in [-0.4, -0.2) is 79.9 Å². The number of nitrogens with two attached hydrogens (primary N) is 2. The van der Waals surface area contributed by atoms with Crippen molar-refractivity contribution in [3.05, 3.63) is 63.0 Å². The van der Waals surface area contributed by atoms with Gasteiger partial charge in [0.1, 0.15) is 24.6 Å². The lowest BCUT2D eigenvalue weighted by molar-refractivity contribution is -0.145. The number of imide groups is 1. The first-order chi connectivity index (χ1) is 26.5. The minimum Gasteiger partial charge on any atom is -0.490 e. The molecule has 2 aromatic carbocycles. The number of aromatic nitrogens is 2. The van der Waals surface area contributed by atoms with Gasteiger partial charge in [0.15, 0.2) is 0 Å². The molecule has 5 N–H and O–H groups in total. The van der Waals surface area contributed by atoms with Crippen molar-refractivity contribution in [1.82, 2.24) is 24.3 Å². The van der Waals surface area contributed by atoms with Crippen LogP contribution in [0.15, 0.2) is 41.2 Å². The van der Waals surface area contributed by atoms with Gasteiger partial charge in [0.2, 0.25) is 30.0 Å². The van der Waals surface area contributed by atoms with E-state index < -0.39 is 36.1 Å². The molecule has 0 bridgehead atoms. The molecule has 0 saturated carbocycles. The third-order valence-corrected chi connectivity index (χ3v) is 11.9. The Morgan fingerprint density at radius 2 is 1.80 bits per heavy atom. The number of carbonyl (C=O) groups excluding carboxylic acids is 5. The highest BCUT2D eigenvalue weighted by Crippen LogP contribution is 2.35. The zero-order valence-corrected chi connectivity index (χ0v) is 32.2. The smallest absolute Gasteiger partial charge is 0.329 e. The fraction of sp³-hybridized carbons (Fsp3) is 0.550. The lowest BCUT2D eigenvalue weighted by atomic mass is 9.99. The van der Waals surface area contributed by atoms with Gasteiger partial charge in [0.05, 0.1) is 28.1 Å². The number of piperidine rings is 1. The number of ether oxygens (including phenoxy) is 1. The van der Waals surface area contributed by atoms with Gasteiger partial charge in [-0.05, 0) is 93.5 Å². The van der Waals surface area contributed by atoms with Crippen molar-refractivity contribution in [2.75, 3.05) is 6.61 Å². The molecule has 296 valence electrons. The molecule has 3 fully saturated rings. The number of fused-ring (bicyclic) bond motifs is 2. The second-order valence-corrected chi connectivity index (χ2v) is 15.5. The van der Waals surface area contributed by atoms with Gasteiger partial charge in [0, 0.05) is 25.9 Å². The molecule has 6 rings (SSSR count). The van der Waals surface area contributed by atoms with E-state index in [9.17, 15) is 28.8 Å². The third kappa shape index (κ3) is 8.91. The van der Waals surface area contributed by atoms with Crippen LogP contribution in [0, 0.1) is 0 Å². The monoisotopic (exact) mass is 777 g/mol. The van der Waals surface area contributed by atoms with Gasteiger partial charge in [-0.3, -0.25) is 38.4 Å².